The number of hydrogen-bond acceptors (Lipinski definition) is 7. The van der Waals surface area contributed by atoms with Gasteiger partial charge in [0.05, 0.1) is 47.8 Å². The van der Waals surface area contributed by atoms with Crippen molar-refractivity contribution in [3.63, 3.8) is 0 Å². The molecular weight excluding hydrogens is 412 g/mol. The molecular formula is C22H24N6O2S. The molecule has 4 N–H and O–H groups in total. The lowest BCUT2D eigenvalue weighted by atomic mass is 10.1. The third kappa shape index (κ3) is 4.73. The third-order valence-electron chi connectivity index (χ3n) is 5.01. The molecule has 160 valence electrons. The first-order valence-corrected chi connectivity index (χ1v) is 11.0. The molecule has 0 radical (unpaired) electrons. The topological polar surface area (TPSA) is 119 Å². The van der Waals surface area contributed by atoms with E-state index in [0.29, 0.717) is 23.1 Å². The highest BCUT2D eigenvalue weighted by Crippen LogP contribution is 2.31. The van der Waals surface area contributed by atoms with Gasteiger partial charge in [0.25, 0.3) is 5.91 Å². The van der Waals surface area contributed by atoms with E-state index in [0.717, 1.165) is 41.4 Å². The molecule has 0 saturated carbocycles. The molecule has 9 heteroatoms. The molecule has 31 heavy (non-hydrogen) atoms. The minimum absolute atomic E-state index is 0.164. The SMILES string of the molecule is COc1nc2ccccc2cc1-c1cnc([C@H](CCCCN)NC(=O)c2cncs2)[nH]1. The van der Waals surface area contributed by atoms with Crippen LogP contribution in [-0.2, 0) is 0 Å². The smallest absolute Gasteiger partial charge is 0.263 e. The summed E-state index contributed by atoms with van der Waals surface area (Å²) in [6.07, 6.45) is 5.79. The van der Waals surface area contributed by atoms with Gasteiger partial charge in [-0.1, -0.05) is 18.2 Å². The van der Waals surface area contributed by atoms with Gasteiger partial charge in [0.2, 0.25) is 5.88 Å². The first-order chi connectivity index (χ1) is 15.2. The summed E-state index contributed by atoms with van der Waals surface area (Å²) < 4.78 is 5.52. The third-order valence-corrected chi connectivity index (χ3v) is 5.78. The van der Waals surface area contributed by atoms with Crippen LogP contribution in [0, 0.1) is 0 Å². The lowest BCUT2D eigenvalue weighted by Gasteiger charge is -2.16. The average molecular weight is 437 g/mol. The van der Waals surface area contributed by atoms with Gasteiger partial charge in [0.15, 0.2) is 0 Å². The van der Waals surface area contributed by atoms with Gasteiger partial charge >= 0.3 is 0 Å². The quantitative estimate of drug-likeness (QED) is 0.344. The number of fused-ring (bicyclic) bond motifs is 1. The van der Waals surface area contributed by atoms with E-state index in [4.69, 9.17) is 10.5 Å². The Morgan fingerprint density at radius 2 is 2.16 bits per heavy atom. The Bertz CT molecular complexity index is 1160. The Hall–Kier alpha value is -3.30. The Labute approximate surface area is 183 Å². The van der Waals surface area contributed by atoms with Crippen molar-refractivity contribution in [3.8, 4) is 17.1 Å². The maximum absolute atomic E-state index is 12.6. The number of unbranched alkanes of at least 4 members (excludes halogenated alkanes) is 1. The number of hydrogen-bond donors (Lipinski definition) is 3. The number of H-pyrrole nitrogens is 1. The van der Waals surface area contributed by atoms with Gasteiger partial charge in [-0.3, -0.25) is 9.78 Å². The molecule has 1 aromatic carbocycles. The minimum atomic E-state index is -0.269. The number of pyridine rings is 1. The summed E-state index contributed by atoms with van der Waals surface area (Å²) in [6.45, 7) is 0.610. The van der Waals surface area contributed by atoms with Crippen LogP contribution < -0.4 is 15.8 Å². The fourth-order valence-corrected chi connectivity index (χ4v) is 3.95. The van der Waals surface area contributed by atoms with E-state index in [1.807, 2.05) is 30.3 Å². The average Bonchev–Trinajstić information content (AvgIpc) is 3.50. The number of ether oxygens (including phenoxy) is 1. The van der Waals surface area contributed by atoms with E-state index in [1.54, 1.807) is 25.0 Å². The number of benzene rings is 1. The van der Waals surface area contributed by atoms with E-state index in [-0.39, 0.29) is 11.9 Å². The van der Waals surface area contributed by atoms with Crippen LogP contribution in [0.1, 0.15) is 40.8 Å². The van der Waals surface area contributed by atoms with E-state index in [2.05, 4.69) is 25.3 Å². The van der Waals surface area contributed by atoms with Gasteiger partial charge in [0.1, 0.15) is 10.7 Å². The summed E-state index contributed by atoms with van der Waals surface area (Å²) >= 11 is 1.31. The molecule has 4 aromatic rings. The number of nitrogens with one attached hydrogen (secondary N) is 2. The second-order valence-electron chi connectivity index (χ2n) is 7.10. The van der Waals surface area contributed by atoms with Gasteiger partial charge in [-0.2, -0.15) is 0 Å². The Kier molecular flexibility index (Phi) is 6.54. The van der Waals surface area contributed by atoms with Crippen LogP contribution in [0.2, 0.25) is 0 Å². The van der Waals surface area contributed by atoms with Crippen LogP contribution in [0.5, 0.6) is 5.88 Å². The summed E-state index contributed by atoms with van der Waals surface area (Å²) in [7, 11) is 1.60. The van der Waals surface area contributed by atoms with Crippen molar-refractivity contribution < 1.29 is 9.53 Å². The van der Waals surface area contributed by atoms with Gasteiger partial charge in [-0.05, 0) is 37.9 Å². The van der Waals surface area contributed by atoms with Crippen molar-refractivity contribution in [2.24, 2.45) is 5.73 Å². The molecule has 8 nitrogen and oxygen atoms in total. The fourth-order valence-electron chi connectivity index (χ4n) is 3.42. The Balaban J connectivity index is 1.63. The molecule has 3 aromatic heterocycles. The molecule has 0 spiro atoms. The summed E-state index contributed by atoms with van der Waals surface area (Å²) in [5.41, 5.74) is 9.75. The van der Waals surface area contributed by atoms with Crippen LogP contribution in [0.25, 0.3) is 22.2 Å². The van der Waals surface area contributed by atoms with E-state index in [1.165, 1.54) is 11.3 Å². The zero-order chi connectivity index (χ0) is 21.6. The predicted molar refractivity (Wildman–Crippen MR) is 121 cm³/mol. The number of rotatable bonds is 9. The number of para-hydroxylation sites is 1. The van der Waals surface area contributed by atoms with Crippen molar-refractivity contribution in [2.45, 2.75) is 25.3 Å². The fraction of sp³-hybridized carbons (Fsp3) is 0.273. The number of aromatic amines is 1. The molecule has 4 rings (SSSR count). The summed E-state index contributed by atoms with van der Waals surface area (Å²) in [5.74, 6) is 1.03. The maximum Gasteiger partial charge on any atom is 0.263 e. The summed E-state index contributed by atoms with van der Waals surface area (Å²) in [4.78, 5) is 29.7. The first kappa shape index (κ1) is 21.0. The number of aromatic nitrogens is 4. The number of thiazole rings is 1. The molecule has 0 fully saturated rings. The monoisotopic (exact) mass is 436 g/mol. The van der Waals surface area contributed by atoms with E-state index < -0.39 is 0 Å². The molecule has 0 unspecified atom stereocenters. The van der Waals surface area contributed by atoms with E-state index >= 15 is 0 Å². The van der Waals surface area contributed by atoms with Crippen LogP contribution in [0.3, 0.4) is 0 Å². The molecule has 0 aliphatic carbocycles. The number of nitrogens with zero attached hydrogens (tertiary/aromatic N) is 3. The highest BCUT2D eigenvalue weighted by molar-refractivity contribution is 7.11. The van der Waals surface area contributed by atoms with Crippen molar-refractivity contribution in [3.05, 3.63) is 58.9 Å². The first-order valence-electron chi connectivity index (χ1n) is 10.1. The van der Waals surface area contributed by atoms with Crippen LogP contribution in [0.4, 0.5) is 0 Å². The number of carbonyl (C=O) groups excluding carboxylic acids is 1. The number of carbonyl (C=O) groups is 1. The van der Waals surface area contributed by atoms with Crippen molar-refractivity contribution in [1.29, 1.82) is 0 Å². The standard InChI is InChI=1S/C22H24N6O2S/c1-30-22-15(10-14-6-2-3-7-16(14)28-22)18-11-25-20(26-18)17(8-4-5-9-23)27-21(29)19-12-24-13-31-19/h2-3,6-7,10-13,17H,4-5,8-9,23H2,1H3,(H,25,26)(H,27,29)/t17-/m0/s1. The number of amides is 1. The largest absolute Gasteiger partial charge is 0.480 e. The second-order valence-corrected chi connectivity index (χ2v) is 7.98. The number of imidazole rings is 1. The summed E-state index contributed by atoms with van der Waals surface area (Å²) in [6, 6.07) is 9.63. The van der Waals surface area contributed by atoms with Crippen molar-refractivity contribution in [2.75, 3.05) is 13.7 Å². The highest BCUT2D eigenvalue weighted by atomic mass is 32.1. The van der Waals surface area contributed by atoms with Gasteiger partial charge in [-0.15, -0.1) is 11.3 Å². The maximum atomic E-state index is 12.6. The lowest BCUT2D eigenvalue weighted by molar-refractivity contribution is 0.0936. The number of nitrogens with two attached hydrogens (primary N) is 1. The second kappa shape index (κ2) is 9.67. The van der Waals surface area contributed by atoms with Gasteiger partial charge in [-0.25, -0.2) is 9.97 Å². The van der Waals surface area contributed by atoms with E-state index in [9.17, 15) is 4.79 Å². The molecule has 0 bridgehead atoms. The van der Waals surface area contributed by atoms with Crippen molar-refractivity contribution >= 4 is 28.1 Å². The Morgan fingerprint density at radius 3 is 2.94 bits per heavy atom. The van der Waals surface area contributed by atoms with Gasteiger partial charge in [0, 0.05) is 5.39 Å². The molecule has 1 amide bonds. The molecule has 1 atom stereocenters. The van der Waals surface area contributed by atoms with Crippen LogP contribution in [-0.4, -0.2) is 39.5 Å². The van der Waals surface area contributed by atoms with Crippen molar-refractivity contribution in [1.82, 2.24) is 25.3 Å². The predicted octanol–water partition coefficient (Wildman–Crippen LogP) is 3.69. The van der Waals surface area contributed by atoms with Crippen LogP contribution >= 0.6 is 11.3 Å². The zero-order valence-corrected chi connectivity index (χ0v) is 18.0. The highest BCUT2D eigenvalue weighted by Gasteiger charge is 2.21. The molecule has 3 heterocycles. The molecule has 0 saturated heterocycles. The lowest BCUT2D eigenvalue weighted by Crippen LogP contribution is -2.29. The van der Waals surface area contributed by atoms with Crippen LogP contribution in [0.15, 0.2) is 48.2 Å². The number of methoxy groups -OCH3 is 1. The minimum Gasteiger partial charge on any atom is -0.480 e. The molecule has 0 aliphatic rings. The normalized spacial score (nSPS) is 12.1. The molecule has 0 aliphatic heterocycles. The summed E-state index contributed by atoms with van der Waals surface area (Å²) in [5, 5.41) is 4.07. The Morgan fingerprint density at radius 1 is 1.29 bits per heavy atom. The zero-order valence-electron chi connectivity index (χ0n) is 17.2. The van der Waals surface area contributed by atoms with Gasteiger partial charge < -0.3 is 20.8 Å².